The molecular weight excluding hydrogens is 330 g/mol. The molecule has 1 aliphatic heterocycles. The van der Waals surface area contributed by atoms with Crippen molar-refractivity contribution in [3.05, 3.63) is 23.7 Å². The largest absolute Gasteiger partial charge is 0.469 e. The molecule has 1 saturated heterocycles. The summed E-state index contributed by atoms with van der Waals surface area (Å²) in [5.74, 6) is 1.49. The smallest absolute Gasteiger partial charge is 0.293 e. The van der Waals surface area contributed by atoms with Crippen LogP contribution in [0.3, 0.4) is 0 Å². The lowest BCUT2D eigenvalue weighted by Gasteiger charge is -2.21. The van der Waals surface area contributed by atoms with Gasteiger partial charge in [0.1, 0.15) is 11.4 Å². The Bertz CT molecular complexity index is 396. The van der Waals surface area contributed by atoms with Gasteiger partial charge < -0.3 is 19.6 Å². The third-order valence-corrected chi connectivity index (χ3v) is 3.06. The molecule has 0 spiro atoms. The zero-order chi connectivity index (χ0) is 19.0. The molecule has 0 amide bonds. The van der Waals surface area contributed by atoms with Crippen LogP contribution < -0.4 is 5.32 Å². The van der Waals surface area contributed by atoms with Gasteiger partial charge in [0.05, 0.1) is 12.9 Å². The zero-order valence-electron chi connectivity index (χ0n) is 15.9. The first-order valence-electron chi connectivity index (χ1n) is 8.35. The first kappa shape index (κ1) is 25.2. The molecule has 2 heterocycles. The maximum Gasteiger partial charge on any atom is 0.293 e. The monoisotopic (exact) mass is 363 g/mol. The van der Waals surface area contributed by atoms with Gasteiger partial charge in [-0.25, -0.2) is 0 Å². The van der Waals surface area contributed by atoms with Crippen molar-refractivity contribution in [1.29, 1.82) is 0 Å². The van der Waals surface area contributed by atoms with E-state index in [1.807, 2.05) is 40.7 Å². The van der Waals surface area contributed by atoms with Gasteiger partial charge >= 0.3 is 0 Å². The summed E-state index contributed by atoms with van der Waals surface area (Å²) in [4.78, 5) is 9.60. The lowest BCUT2D eigenvalue weighted by atomic mass is 9.93. The Hall–Kier alpha value is -1.04. The van der Waals surface area contributed by atoms with Crippen LogP contribution in [0.1, 0.15) is 64.7 Å². The molecule has 0 bridgehead atoms. The predicted molar refractivity (Wildman–Crippen MR) is 99.5 cm³/mol. The summed E-state index contributed by atoms with van der Waals surface area (Å²) in [6.07, 6.45) is 5.37. The molecule has 6 heteroatoms. The molecule has 0 atom stereocenters. The van der Waals surface area contributed by atoms with Gasteiger partial charge in [0.25, 0.3) is 6.47 Å². The highest BCUT2D eigenvalue weighted by Gasteiger charge is 2.20. The number of aliphatic hydroxyl groups excluding tert-OH is 1. The van der Waals surface area contributed by atoms with E-state index in [9.17, 15) is 4.79 Å². The van der Waals surface area contributed by atoms with Crippen LogP contribution in [0.5, 0.6) is 0 Å². The first-order valence-corrected chi connectivity index (χ1v) is 9.10. The second kappa shape index (κ2) is 15.5. The van der Waals surface area contributed by atoms with E-state index in [4.69, 9.17) is 9.52 Å². The Labute approximate surface area is 151 Å². The summed E-state index contributed by atoms with van der Waals surface area (Å²) >= 11 is 4.64. The molecule has 0 radical (unpaired) electrons. The van der Waals surface area contributed by atoms with E-state index in [2.05, 4.69) is 21.7 Å². The quantitative estimate of drug-likeness (QED) is 0.625. The number of hydrogen-bond donors (Lipinski definition) is 2. The molecule has 5 nitrogen and oxygen atoms in total. The highest BCUT2D eigenvalue weighted by Crippen LogP contribution is 2.28. The van der Waals surface area contributed by atoms with Crippen LogP contribution in [0.15, 0.2) is 16.7 Å². The van der Waals surface area contributed by atoms with Gasteiger partial charge in [-0.3, -0.25) is 4.79 Å². The van der Waals surface area contributed by atoms with E-state index in [1.165, 1.54) is 6.38 Å². The summed E-state index contributed by atoms with van der Waals surface area (Å²) in [6.45, 7) is 12.1. The van der Waals surface area contributed by atoms with Gasteiger partial charge in [-0.05, 0) is 52.8 Å². The summed E-state index contributed by atoms with van der Waals surface area (Å²) in [7, 11) is 0. The average Bonchev–Trinajstić information content (AvgIpc) is 3.07. The molecule has 1 aromatic rings. The van der Waals surface area contributed by atoms with Crippen molar-refractivity contribution in [2.24, 2.45) is 0 Å². The lowest BCUT2D eigenvalue weighted by molar-refractivity contribution is -0.138. The topological polar surface area (TPSA) is 71.7 Å². The highest BCUT2D eigenvalue weighted by atomic mass is 35.5. The number of rotatable bonds is 3. The summed E-state index contributed by atoms with van der Waals surface area (Å²) < 4.78 is 9.96. The SMILES string of the molecule is CC.CC(C)(C)OC=O.CCl.OCc1ccoc1C1CCNCC1. The van der Waals surface area contributed by atoms with Crippen molar-refractivity contribution in [3.63, 3.8) is 0 Å². The van der Waals surface area contributed by atoms with Crippen molar-refractivity contribution in [1.82, 2.24) is 5.32 Å². The van der Waals surface area contributed by atoms with Gasteiger partial charge in [-0.1, -0.05) is 13.8 Å². The van der Waals surface area contributed by atoms with E-state index in [0.717, 1.165) is 37.3 Å². The molecule has 24 heavy (non-hydrogen) atoms. The van der Waals surface area contributed by atoms with Crippen molar-refractivity contribution in [2.75, 3.05) is 19.5 Å². The summed E-state index contributed by atoms with van der Waals surface area (Å²) in [5.41, 5.74) is 0.633. The fraction of sp³-hybridized carbons (Fsp3) is 0.722. The molecular formula is C18H34ClNO4. The molecule has 0 aliphatic carbocycles. The highest BCUT2D eigenvalue weighted by molar-refractivity contribution is 6.15. The van der Waals surface area contributed by atoms with Crippen molar-refractivity contribution in [2.45, 2.75) is 65.6 Å². The number of piperidine rings is 1. The van der Waals surface area contributed by atoms with Gasteiger partial charge in [0.15, 0.2) is 0 Å². The number of halogens is 1. The van der Waals surface area contributed by atoms with Crippen LogP contribution in [0.2, 0.25) is 0 Å². The Kier molecular flexibility index (Phi) is 16.3. The third kappa shape index (κ3) is 11.5. The number of hydrogen-bond acceptors (Lipinski definition) is 5. The van der Waals surface area contributed by atoms with Crippen LogP contribution in [0.25, 0.3) is 0 Å². The number of furan rings is 1. The molecule has 2 N–H and O–H groups in total. The molecule has 1 aromatic heterocycles. The maximum absolute atomic E-state index is 9.60. The Morgan fingerprint density at radius 3 is 2.25 bits per heavy atom. The number of nitrogens with one attached hydrogen (secondary N) is 1. The molecule has 142 valence electrons. The van der Waals surface area contributed by atoms with Crippen LogP contribution in [-0.2, 0) is 16.1 Å². The number of ether oxygens (including phenoxy) is 1. The van der Waals surface area contributed by atoms with E-state index >= 15 is 0 Å². The van der Waals surface area contributed by atoms with Gasteiger partial charge in [0.2, 0.25) is 0 Å². The van der Waals surface area contributed by atoms with E-state index in [1.54, 1.807) is 6.26 Å². The molecule has 1 aliphatic rings. The maximum atomic E-state index is 9.60. The van der Waals surface area contributed by atoms with Crippen LogP contribution in [0, 0.1) is 0 Å². The lowest BCUT2D eigenvalue weighted by Crippen LogP contribution is -2.26. The second-order valence-electron chi connectivity index (χ2n) is 5.82. The average molecular weight is 364 g/mol. The van der Waals surface area contributed by atoms with Crippen LogP contribution in [-0.4, -0.2) is 36.7 Å². The van der Waals surface area contributed by atoms with Crippen molar-refractivity contribution >= 4 is 18.1 Å². The van der Waals surface area contributed by atoms with E-state index in [0.29, 0.717) is 12.4 Å². The minimum atomic E-state index is -0.318. The van der Waals surface area contributed by atoms with Crippen molar-refractivity contribution < 1.29 is 19.1 Å². The molecule has 2 rings (SSSR count). The third-order valence-electron chi connectivity index (χ3n) is 3.06. The molecule has 0 unspecified atom stereocenters. The minimum absolute atomic E-state index is 0.0930. The number of carbonyl (C=O) groups excluding carboxylic acids is 1. The fourth-order valence-corrected chi connectivity index (χ4v) is 2.06. The van der Waals surface area contributed by atoms with Gasteiger partial charge in [0, 0.05) is 17.9 Å². The normalized spacial score (nSPS) is 14.0. The fourth-order valence-electron chi connectivity index (χ4n) is 2.06. The summed E-state index contributed by atoms with van der Waals surface area (Å²) in [6, 6.07) is 1.86. The minimum Gasteiger partial charge on any atom is -0.469 e. The summed E-state index contributed by atoms with van der Waals surface area (Å²) in [5, 5.41) is 12.4. The zero-order valence-corrected chi connectivity index (χ0v) is 16.7. The van der Waals surface area contributed by atoms with E-state index < -0.39 is 0 Å². The Morgan fingerprint density at radius 1 is 1.33 bits per heavy atom. The van der Waals surface area contributed by atoms with Gasteiger partial charge in [-0.2, -0.15) is 0 Å². The number of aliphatic hydroxyl groups is 1. The van der Waals surface area contributed by atoms with E-state index in [-0.39, 0.29) is 12.2 Å². The predicted octanol–water partition coefficient (Wildman–Crippen LogP) is 4.08. The Morgan fingerprint density at radius 2 is 1.88 bits per heavy atom. The first-order chi connectivity index (χ1) is 11.5. The Balaban J connectivity index is 0. The molecule has 0 saturated carbocycles. The van der Waals surface area contributed by atoms with Crippen LogP contribution in [0.4, 0.5) is 0 Å². The number of carbonyl (C=O) groups is 1. The van der Waals surface area contributed by atoms with Crippen molar-refractivity contribution in [3.8, 4) is 0 Å². The van der Waals surface area contributed by atoms with Gasteiger partial charge in [-0.15, -0.1) is 11.6 Å². The molecule has 0 aromatic carbocycles. The molecule has 1 fully saturated rings. The number of alkyl halides is 1. The second-order valence-corrected chi connectivity index (χ2v) is 5.82. The standard InChI is InChI=1S/C10H15NO2.C5H10O2.C2H6.CH3Cl/c12-7-9-3-6-13-10(9)8-1-4-11-5-2-8;1-5(2,3)7-4-6;2*1-2/h3,6,8,11-12H,1-2,4-5,7H2;4H,1-3H3;1-2H3;1H3. The van der Waals surface area contributed by atoms with Crippen LogP contribution >= 0.6 is 11.6 Å².